The van der Waals surface area contributed by atoms with Crippen LogP contribution in [0.15, 0.2) is 0 Å². The SMILES string of the molecule is CNc1nc(C)nc(NC(C)CN2CCCCC2)c1C. The van der Waals surface area contributed by atoms with Crippen LogP contribution in [0.3, 0.4) is 0 Å². The molecular weight excluding hydrogens is 250 g/mol. The summed E-state index contributed by atoms with van der Waals surface area (Å²) >= 11 is 0. The number of piperidine rings is 1. The lowest BCUT2D eigenvalue weighted by atomic mass is 10.1. The van der Waals surface area contributed by atoms with E-state index in [-0.39, 0.29) is 0 Å². The van der Waals surface area contributed by atoms with Gasteiger partial charge in [-0.1, -0.05) is 6.42 Å². The Hall–Kier alpha value is -1.36. The van der Waals surface area contributed by atoms with Crippen molar-refractivity contribution in [1.82, 2.24) is 14.9 Å². The largest absolute Gasteiger partial charge is 0.373 e. The molecule has 0 aromatic carbocycles. The second-order valence-electron chi connectivity index (χ2n) is 5.75. The van der Waals surface area contributed by atoms with Crippen LogP contribution in [0.25, 0.3) is 0 Å². The van der Waals surface area contributed by atoms with Gasteiger partial charge >= 0.3 is 0 Å². The fraction of sp³-hybridized carbons (Fsp3) is 0.733. The lowest BCUT2D eigenvalue weighted by Gasteiger charge is -2.29. The molecule has 1 atom stereocenters. The zero-order valence-corrected chi connectivity index (χ0v) is 13.2. The van der Waals surface area contributed by atoms with Crippen molar-refractivity contribution in [3.8, 4) is 0 Å². The van der Waals surface area contributed by atoms with Gasteiger partial charge in [-0.2, -0.15) is 0 Å². The summed E-state index contributed by atoms with van der Waals surface area (Å²) in [5.41, 5.74) is 1.09. The molecule has 20 heavy (non-hydrogen) atoms. The number of nitrogens with zero attached hydrogens (tertiary/aromatic N) is 3. The van der Waals surface area contributed by atoms with Gasteiger partial charge in [-0.25, -0.2) is 9.97 Å². The summed E-state index contributed by atoms with van der Waals surface area (Å²) in [7, 11) is 1.90. The van der Waals surface area contributed by atoms with E-state index in [4.69, 9.17) is 0 Å². The highest BCUT2D eigenvalue weighted by molar-refractivity contribution is 5.57. The molecule has 112 valence electrons. The first-order valence-electron chi connectivity index (χ1n) is 7.62. The van der Waals surface area contributed by atoms with Crippen LogP contribution in [0.4, 0.5) is 11.6 Å². The topological polar surface area (TPSA) is 53.1 Å². The molecule has 2 heterocycles. The maximum atomic E-state index is 4.53. The van der Waals surface area contributed by atoms with Gasteiger partial charge in [0.2, 0.25) is 0 Å². The quantitative estimate of drug-likeness (QED) is 0.865. The normalized spacial score (nSPS) is 17.8. The first kappa shape index (κ1) is 15.0. The van der Waals surface area contributed by atoms with Gasteiger partial charge in [0.05, 0.1) is 0 Å². The van der Waals surface area contributed by atoms with Crippen molar-refractivity contribution in [2.75, 3.05) is 37.3 Å². The molecule has 1 unspecified atom stereocenters. The number of likely N-dealkylation sites (tertiary alicyclic amines) is 1. The monoisotopic (exact) mass is 277 g/mol. The molecule has 0 radical (unpaired) electrons. The third-order valence-electron chi connectivity index (χ3n) is 3.86. The molecule has 0 aliphatic carbocycles. The molecular formula is C15H27N5. The van der Waals surface area contributed by atoms with E-state index in [1.54, 1.807) is 0 Å². The highest BCUT2D eigenvalue weighted by Crippen LogP contribution is 2.20. The third kappa shape index (κ3) is 3.82. The molecule has 0 saturated carbocycles. The van der Waals surface area contributed by atoms with E-state index >= 15 is 0 Å². The molecule has 5 nitrogen and oxygen atoms in total. The van der Waals surface area contributed by atoms with E-state index in [1.807, 2.05) is 14.0 Å². The molecule has 1 fully saturated rings. The van der Waals surface area contributed by atoms with Crippen molar-refractivity contribution < 1.29 is 0 Å². The first-order chi connectivity index (χ1) is 9.60. The number of aryl methyl sites for hydroxylation is 1. The maximum Gasteiger partial charge on any atom is 0.135 e. The Kier molecular flexibility index (Phi) is 5.17. The summed E-state index contributed by atoms with van der Waals surface area (Å²) in [6.07, 6.45) is 4.05. The van der Waals surface area contributed by atoms with Crippen LogP contribution in [0.2, 0.25) is 0 Å². The number of hydrogen-bond acceptors (Lipinski definition) is 5. The average Bonchev–Trinajstić information content (AvgIpc) is 2.43. The number of rotatable bonds is 5. The minimum Gasteiger partial charge on any atom is -0.373 e. The fourth-order valence-electron chi connectivity index (χ4n) is 2.82. The van der Waals surface area contributed by atoms with Crippen LogP contribution in [-0.4, -0.2) is 47.6 Å². The number of anilines is 2. The van der Waals surface area contributed by atoms with Crippen molar-refractivity contribution in [3.05, 3.63) is 11.4 Å². The maximum absolute atomic E-state index is 4.53. The Bertz CT molecular complexity index is 440. The average molecular weight is 277 g/mol. The van der Waals surface area contributed by atoms with Crippen LogP contribution >= 0.6 is 0 Å². The van der Waals surface area contributed by atoms with E-state index < -0.39 is 0 Å². The van der Waals surface area contributed by atoms with Crippen LogP contribution in [0, 0.1) is 13.8 Å². The summed E-state index contributed by atoms with van der Waals surface area (Å²) in [5.74, 6) is 2.66. The predicted molar refractivity (Wildman–Crippen MR) is 84.4 cm³/mol. The molecule has 1 saturated heterocycles. The fourth-order valence-corrected chi connectivity index (χ4v) is 2.82. The van der Waals surface area contributed by atoms with Gasteiger partial charge in [0.25, 0.3) is 0 Å². The first-order valence-corrected chi connectivity index (χ1v) is 7.62. The second kappa shape index (κ2) is 6.88. The predicted octanol–water partition coefficient (Wildman–Crippen LogP) is 2.42. The molecule has 0 amide bonds. The number of aromatic nitrogens is 2. The highest BCUT2D eigenvalue weighted by atomic mass is 15.2. The Morgan fingerprint density at radius 3 is 2.40 bits per heavy atom. The number of hydrogen-bond donors (Lipinski definition) is 2. The molecule has 1 aromatic rings. The minimum absolute atomic E-state index is 0.394. The standard InChI is InChI=1S/C15H27N5/c1-11(10-20-8-6-5-7-9-20)17-15-12(2)14(16-4)18-13(3)19-15/h11H,5-10H2,1-4H3,(H2,16,17,18,19). The lowest BCUT2D eigenvalue weighted by molar-refractivity contribution is 0.223. The summed E-state index contributed by atoms with van der Waals surface area (Å²) in [5, 5.41) is 6.67. The third-order valence-corrected chi connectivity index (χ3v) is 3.86. The summed E-state index contributed by atoms with van der Waals surface area (Å²) in [6.45, 7) is 9.76. The zero-order valence-electron chi connectivity index (χ0n) is 13.2. The molecule has 0 spiro atoms. The van der Waals surface area contributed by atoms with Crippen molar-refractivity contribution in [2.45, 2.75) is 46.1 Å². The van der Waals surface area contributed by atoms with Crippen LogP contribution < -0.4 is 10.6 Å². The van der Waals surface area contributed by atoms with Gasteiger partial charge in [-0.3, -0.25) is 0 Å². The van der Waals surface area contributed by atoms with Gasteiger partial charge in [0.1, 0.15) is 17.5 Å². The molecule has 2 rings (SSSR count). The van der Waals surface area contributed by atoms with Crippen molar-refractivity contribution in [2.24, 2.45) is 0 Å². The molecule has 5 heteroatoms. The van der Waals surface area contributed by atoms with Crippen LogP contribution in [-0.2, 0) is 0 Å². The Balaban J connectivity index is 1.99. The number of nitrogens with one attached hydrogen (secondary N) is 2. The smallest absolute Gasteiger partial charge is 0.135 e. The van der Waals surface area contributed by atoms with Gasteiger partial charge in [0, 0.05) is 25.2 Å². The van der Waals surface area contributed by atoms with E-state index in [1.165, 1.54) is 32.4 Å². The Labute approximate surface area is 122 Å². The minimum atomic E-state index is 0.394. The van der Waals surface area contributed by atoms with Gasteiger partial charge < -0.3 is 15.5 Å². The highest BCUT2D eigenvalue weighted by Gasteiger charge is 2.15. The Morgan fingerprint density at radius 1 is 1.10 bits per heavy atom. The Morgan fingerprint density at radius 2 is 1.75 bits per heavy atom. The van der Waals surface area contributed by atoms with Crippen LogP contribution in [0.1, 0.15) is 37.6 Å². The molecule has 1 aliphatic heterocycles. The van der Waals surface area contributed by atoms with E-state index in [0.29, 0.717) is 6.04 Å². The summed E-state index contributed by atoms with van der Waals surface area (Å²) in [6, 6.07) is 0.394. The zero-order chi connectivity index (χ0) is 14.5. The van der Waals surface area contributed by atoms with Gasteiger partial charge in [0.15, 0.2) is 0 Å². The summed E-state index contributed by atoms with van der Waals surface area (Å²) in [4.78, 5) is 11.5. The van der Waals surface area contributed by atoms with E-state index in [2.05, 4.69) is 39.3 Å². The molecule has 0 bridgehead atoms. The lowest BCUT2D eigenvalue weighted by Crippen LogP contribution is -2.38. The second-order valence-corrected chi connectivity index (χ2v) is 5.75. The van der Waals surface area contributed by atoms with Crippen LogP contribution in [0.5, 0.6) is 0 Å². The molecule has 1 aliphatic rings. The van der Waals surface area contributed by atoms with Crippen molar-refractivity contribution >= 4 is 11.6 Å². The van der Waals surface area contributed by atoms with E-state index in [9.17, 15) is 0 Å². The van der Waals surface area contributed by atoms with Crippen molar-refractivity contribution in [1.29, 1.82) is 0 Å². The summed E-state index contributed by atoms with van der Waals surface area (Å²) < 4.78 is 0. The van der Waals surface area contributed by atoms with Crippen molar-refractivity contribution in [3.63, 3.8) is 0 Å². The van der Waals surface area contributed by atoms with E-state index in [0.717, 1.165) is 29.6 Å². The molecule has 2 N–H and O–H groups in total. The van der Waals surface area contributed by atoms with Gasteiger partial charge in [-0.05, 0) is 46.7 Å². The molecule has 1 aromatic heterocycles. The van der Waals surface area contributed by atoms with Gasteiger partial charge in [-0.15, -0.1) is 0 Å².